The molecule has 4 aliphatic heterocycles. The van der Waals surface area contributed by atoms with E-state index in [-0.39, 0.29) is 76.4 Å². The SMILES string of the molecule is CC[C@@H]1N[C@H](C)CN2c3nc(OCC4CCC5COCCN54)nc4c(F)c(-c5nc(N)cc(C)c5C(F)(F)F)c(Cl)c(c34)OC[C@H]12. The van der Waals surface area contributed by atoms with Crippen LogP contribution in [0.1, 0.15) is 44.2 Å². The zero-order valence-electron chi connectivity index (χ0n) is 25.8. The van der Waals surface area contributed by atoms with Gasteiger partial charge in [-0.3, -0.25) is 4.90 Å². The molecule has 7 rings (SSSR count). The molecule has 0 radical (unpaired) electrons. The molecule has 6 heterocycles. The summed E-state index contributed by atoms with van der Waals surface area (Å²) in [6.45, 7) is 8.34. The molecule has 15 heteroatoms. The molecule has 3 fully saturated rings. The van der Waals surface area contributed by atoms with Crippen LogP contribution in [0, 0.1) is 12.7 Å². The Labute approximate surface area is 268 Å². The van der Waals surface area contributed by atoms with E-state index in [1.165, 1.54) is 6.92 Å². The van der Waals surface area contributed by atoms with Gasteiger partial charge in [0.2, 0.25) is 0 Å². The summed E-state index contributed by atoms with van der Waals surface area (Å²) in [5.74, 6) is -0.948. The number of nitrogens with zero attached hydrogens (tertiary/aromatic N) is 5. The Morgan fingerprint density at radius 3 is 2.76 bits per heavy atom. The number of benzene rings is 1. The van der Waals surface area contributed by atoms with Crippen LogP contribution in [0.25, 0.3) is 22.2 Å². The van der Waals surface area contributed by atoms with Crippen LogP contribution in [0.2, 0.25) is 5.02 Å². The molecule has 0 aliphatic carbocycles. The number of halogens is 5. The van der Waals surface area contributed by atoms with Gasteiger partial charge in [0.05, 0.1) is 46.5 Å². The highest BCUT2D eigenvalue weighted by molar-refractivity contribution is 6.36. The van der Waals surface area contributed by atoms with Gasteiger partial charge in [0, 0.05) is 37.3 Å². The molecule has 2 aromatic heterocycles. The number of fused-ring (bicyclic) bond motifs is 3. The molecule has 5 atom stereocenters. The first kappa shape index (κ1) is 31.4. The third-order valence-electron chi connectivity index (χ3n) is 9.62. The quantitative estimate of drug-likeness (QED) is 0.363. The number of pyridine rings is 1. The number of aromatic nitrogens is 3. The first-order valence-electron chi connectivity index (χ1n) is 15.6. The van der Waals surface area contributed by atoms with Crippen molar-refractivity contribution >= 4 is 34.1 Å². The van der Waals surface area contributed by atoms with Gasteiger partial charge in [-0.1, -0.05) is 18.5 Å². The molecule has 46 heavy (non-hydrogen) atoms. The summed E-state index contributed by atoms with van der Waals surface area (Å²) >= 11 is 6.83. The minimum atomic E-state index is -4.87. The molecule has 0 saturated carbocycles. The van der Waals surface area contributed by atoms with Crippen LogP contribution in [0.15, 0.2) is 6.07 Å². The lowest BCUT2D eigenvalue weighted by Crippen LogP contribution is -2.63. The molecule has 248 valence electrons. The Morgan fingerprint density at radius 1 is 1.20 bits per heavy atom. The predicted octanol–water partition coefficient (Wildman–Crippen LogP) is 4.97. The molecule has 2 unspecified atom stereocenters. The highest BCUT2D eigenvalue weighted by atomic mass is 35.5. The van der Waals surface area contributed by atoms with Crippen molar-refractivity contribution < 1.29 is 31.8 Å². The zero-order chi connectivity index (χ0) is 32.5. The number of ether oxygens (including phenoxy) is 3. The van der Waals surface area contributed by atoms with Crippen LogP contribution >= 0.6 is 11.6 Å². The molecule has 3 saturated heterocycles. The highest BCUT2D eigenvalue weighted by Gasteiger charge is 2.43. The normalized spacial score (nSPS) is 26.4. The van der Waals surface area contributed by atoms with E-state index in [9.17, 15) is 13.2 Å². The van der Waals surface area contributed by atoms with E-state index in [2.05, 4.69) is 25.1 Å². The van der Waals surface area contributed by atoms with E-state index >= 15 is 4.39 Å². The first-order chi connectivity index (χ1) is 22.0. The monoisotopic (exact) mass is 665 g/mol. The van der Waals surface area contributed by atoms with Crippen molar-refractivity contribution in [3.63, 3.8) is 0 Å². The summed E-state index contributed by atoms with van der Waals surface area (Å²) in [6, 6.07) is 1.24. The van der Waals surface area contributed by atoms with Crippen molar-refractivity contribution in [3.8, 4) is 23.0 Å². The summed E-state index contributed by atoms with van der Waals surface area (Å²) in [5.41, 5.74) is 2.95. The maximum atomic E-state index is 16.9. The molecule has 0 spiro atoms. The molecule has 3 N–H and O–H groups in total. The number of alkyl halides is 3. The number of morpholine rings is 1. The summed E-state index contributed by atoms with van der Waals surface area (Å²) in [4.78, 5) is 17.7. The smallest absolute Gasteiger partial charge is 0.418 e. The van der Waals surface area contributed by atoms with Crippen molar-refractivity contribution in [2.45, 2.75) is 76.4 Å². The summed E-state index contributed by atoms with van der Waals surface area (Å²) in [5, 5.41) is 3.40. The van der Waals surface area contributed by atoms with Crippen molar-refractivity contribution in [2.75, 3.05) is 50.2 Å². The second-order valence-corrected chi connectivity index (χ2v) is 13.0. The van der Waals surface area contributed by atoms with Crippen molar-refractivity contribution in [2.24, 2.45) is 0 Å². The molecular formula is C31H36ClF4N7O3. The number of hydrogen-bond donors (Lipinski definition) is 2. The van der Waals surface area contributed by atoms with Gasteiger partial charge in [-0.2, -0.15) is 23.1 Å². The van der Waals surface area contributed by atoms with E-state index in [4.69, 9.17) is 36.5 Å². The number of nitrogens with one attached hydrogen (secondary N) is 1. The number of piperazine rings is 1. The van der Waals surface area contributed by atoms with E-state index in [0.29, 0.717) is 31.6 Å². The van der Waals surface area contributed by atoms with Crippen molar-refractivity contribution in [3.05, 3.63) is 28.0 Å². The Hall–Kier alpha value is -3.20. The number of anilines is 2. The second-order valence-electron chi connectivity index (χ2n) is 12.6. The Morgan fingerprint density at radius 2 is 2.00 bits per heavy atom. The predicted molar refractivity (Wildman–Crippen MR) is 165 cm³/mol. The second kappa shape index (κ2) is 11.8. The average Bonchev–Trinajstić information content (AvgIpc) is 3.34. The maximum Gasteiger partial charge on any atom is 0.418 e. The summed E-state index contributed by atoms with van der Waals surface area (Å²) in [7, 11) is 0. The first-order valence-corrected chi connectivity index (χ1v) is 16.0. The van der Waals surface area contributed by atoms with Gasteiger partial charge >= 0.3 is 12.2 Å². The number of nitrogen functional groups attached to an aromatic ring is 1. The molecule has 0 amide bonds. The third kappa shape index (κ3) is 5.26. The number of hydrogen-bond acceptors (Lipinski definition) is 10. The van der Waals surface area contributed by atoms with Crippen molar-refractivity contribution in [1.29, 1.82) is 0 Å². The fourth-order valence-corrected chi connectivity index (χ4v) is 7.89. The number of aryl methyl sites for hydroxylation is 1. The van der Waals surface area contributed by atoms with Gasteiger partial charge < -0.3 is 30.2 Å². The Kier molecular flexibility index (Phi) is 8.05. The van der Waals surface area contributed by atoms with E-state index in [0.717, 1.165) is 31.9 Å². The summed E-state index contributed by atoms with van der Waals surface area (Å²) in [6.07, 6.45) is -2.24. The van der Waals surface area contributed by atoms with Crippen molar-refractivity contribution in [1.82, 2.24) is 25.2 Å². The minimum absolute atomic E-state index is 0.00604. The number of rotatable bonds is 5. The Balaban J connectivity index is 1.42. The summed E-state index contributed by atoms with van der Waals surface area (Å²) < 4.78 is 78.3. The van der Waals surface area contributed by atoms with Gasteiger partial charge in [0.25, 0.3) is 0 Å². The Bertz CT molecular complexity index is 1680. The molecule has 10 nitrogen and oxygen atoms in total. The van der Waals surface area contributed by atoms with Crippen LogP contribution in [0.3, 0.4) is 0 Å². The average molecular weight is 666 g/mol. The fraction of sp³-hybridized carbons (Fsp3) is 0.581. The van der Waals surface area contributed by atoms with Crippen LogP contribution in [0.4, 0.5) is 29.2 Å². The lowest BCUT2D eigenvalue weighted by atomic mass is 9.97. The van der Waals surface area contributed by atoms with Crippen LogP contribution in [-0.4, -0.2) is 89.6 Å². The van der Waals surface area contributed by atoms with Gasteiger partial charge in [0.15, 0.2) is 11.6 Å². The molecule has 0 bridgehead atoms. The van der Waals surface area contributed by atoms with Crippen LogP contribution in [-0.2, 0) is 10.9 Å². The van der Waals surface area contributed by atoms with Crippen LogP contribution in [0.5, 0.6) is 11.8 Å². The molecule has 1 aromatic carbocycles. The molecular weight excluding hydrogens is 630 g/mol. The molecule has 3 aromatic rings. The minimum Gasteiger partial charge on any atom is -0.489 e. The van der Waals surface area contributed by atoms with E-state index in [1.54, 1.807) is 0 Å². The van der Waals surface area contributed by atoms with Crippen LogP contribution < -0.4 is 25.4 Å². The third-order valence-corrected chi connectivity index (χ3v) is 9.98. The van der Waals surface area contributed by atoms with E-state index in [1.807, 2.05) is 13.8 Å². The van der Waals surface area contributed by atoms with Gasteiger partial charge in [-0.15, -0.1) is 0 Å². The largest absolute Gasteiger partial charge is 0.489 e. The van der Waals surface area contributed by atoms with Gasteiger partial charge in [-0.25, -0.2) is 9.37 Å². The molecule has 4 aliphatic rings. The van der Waals surface area contributed by atoms with Gasteiger partial charge in [-0.05, 0) is 44.7 Å². The lowest BCUT2D eigenvalue weighted by Gasteiger charge is -2.44. The lowest BCUT2D eigenvalue weighted by molar-refractivity contribution is -0.137. The zero-order valence-corrected chi connectivity index (χ0v) is 26.5. The van der Waals surface area contributed by atoms with Gasteiger partial charge in [0.1, 0.15) is 30.4 Å². The fourth-order valence-electron chi connectivity index (χ4n) is 7.57. The number of nitrogens with two attached hydrogens (primary N) is 1. The van der Waals surface area contributed by atoms with E-state index < -0.39 is 28.8 Å². The topological polar surface area (TPSA) is 111 Å². The maximum absolute atomic E-state index is 16.9. The highest BCUT2D eigenvalue weighted by Crippen LogP contribution is 2.51. The standard InChI is InChI=1S/C31H36ClF4N7O3/c1-4-18-19-13-45-28-22-27(25(33)21(24(28)32)26-23(31(34,35)36)14(2)9-20(37)39-26)40-30(41-29(22)43(19)10-15(3)38-18)46-12-17-6-5-16-11-44-8-7-42(16)17/h9,15-19,38H,4-8,10-13H2,1-3H3,(H2,37,39)/t15-,16?,17?,18+,19-/m1/s1.